The highest BCUT2D eigenvalue weighted by Gasteiger charge is 2.22. The average Bonchev–Trinajstić information content (AvgIpc) is 2.82. The van der Waals surface area contributed by atoms with Crippen molar-refractivity contribution < 1.29 is 4.79 Å². The third-order valence-corrected chi connectivity index (χ3v) is 4.97. The number of aromatic nitrogens is 1. The second kappa shape index (κ2) is 5.83. The van der Waals surface area contributed by atoms with Gasteiger partial charge in [-0.2, -0.15) is 0 Å². The molecular weight excluding hydrogens is 244 g/mol. The molecule has 0 aromatic carbocycles. The van der Waals surface area contributed by atoms with E-state index < -0.39 is 0 Å². The van der Waals surface area contributed by atoms with Crippen LogP contribution < -0.4 is 4.90 Å². The summed E-state index contributed by atoms with van der Waals surface area (Å²) in [5.41, 5.74) is 0.992. The van der Waals surface area contributed by atoms with Crippen molar-refractivity contribution in [3.63, 3.8) is 0 Å². The maximum atomic E-state index is 11.1. The standard InChI is InChI=1S/C14H22N2OS/c1-4-11(3)13-12(9-17)18-14(15-13)16-7-5-10(2)6-8-16/h9-11H,4-8H2,1-3H3. The van der Waals surface area contributed by atoms with Gasteiger partial charge in [-0.3, -0.25) is 4.79 Å². The van der Waals surface area contributed by atoms with E-state index in [0.717, 1.165) is 47.4 Å². The predicted octanol–water partition coefficient (Wildman–Crippen LogP) is 3.71. The lowest BCUT2D eigenvalue weighted by Gasteiger charge is -2.29. The molecule has 0 spiro atoms. The molecule has 100 valence electrons. The van der Waals surface area contributed by atoms with Gasteiger partial charge in [0, 0.05) is 13.1 Å². The highest BCUT2D eigenvalue weighted by Crippen LogP contribution is 2.32. The predicted molar refractivity (Wildman–Crippen MR) is 76.8 cm³/mol. The first-order valence-corrected chi connectivity index (χ1v) is 7.68. The number of carbonyl (C=O) groups excluding carboxylic acids is 1. The number of carbonyl (C=O) groups is 1. The topological polar surface area (TPSA) is 33.2 Å². The number of piperidine rings is 1. The van der Waals surface area contributed by atoms with Crippen LogP contribution in [0.25, 0.3) is 0 Å². The van der Waals surface area contributed by atoms with Gasteiger partial charge in [0.25, 0.3) is 0 Å². The summed E-state index contributed by atoms with van der Waals surface area (Å²) in [7, 11) is 0. The van der Waals surface area contributed by atoms with E-state index in [4.69, 9.17) is 4.98 Å². The van der Waals surface area contributed by atoms with Crippen molar-refractivity contribution in [3.05, 3.63) is 10.6 Å². The second-order valence-electron chi connectivity index (χ2n) is 5.34. The number of hydrogen-bond donors (Lipinski definition) is 0. The minimum absolute atomic E-state index is 0.374. The van der Waals surface area contributed by atoms with Gasteiger partial charge in [-0.1, -0.05) is 32.1 Å². The second-order valence-corrected chi connectivity index (χ2v) is 6.35. The molecule has 0 bridgehead atoms. The maximum absolute atomic E-state index is 11.1. The minimum atomic E-state index is 0.374. The highest BCUT2D eigenvalue weighted by molar-refractivity contribution is 7.17. The van der Waals surface area contributed by atoms with E-state index in [1.807, 2.05) is 0 Å². The van der Waals surface area contributed by atoms with E-state index in [9.17, 15) is 4.79 Å². The fourth-order valence-electron chi connectivity index (χ4n) is 2.30. The Bertz CT molecular complexity index is 408. The van der Waals surface area contributed by atoms with Crippen molar-refractivity contribution in [2.45, 2.75) is 46.0 Å². The summed E-state index contributed by atoms with van der Waals surface area (Å²) in [6.45, 7) is 8.74. The number of hydrogen-bond acceptors (Lipinski definition) is 4. The van der Waals surface area contributed by atoms with Crippen LogP contribution in [0, 0.1) is 5.92 Å². The fraction of sp³-hybridized carbons (Fsp3) is 0.714. The Morgan fingerprint density at radius 2 is 2.17 bits per heavy atom. The smallest absolute Gasteiger partial charge is 0.186 e. The zero-order valence-electron chi connectivity index (χ0n) is 11.5. The summed E-state index contributed by atoms with van der Waals surface area (Å²) in [4.78, 5) is 19.0. The molecule has 1 fully saturated rings. The van der Waals surface area contributed by atoms with Gasteiger partial charge in [0.05, 0.1) is 10.6 Å². The van der Waals surface area contributed by atoms with Crippen molar-refractivity contribution >= 4 is 22.8 Å². The lowest BCUT2D eigenvalue weighted by molar-refractivity contribution is 0.112. The lowest BCUT2D eigenvalue weighted by atomic mass is 10.00. The SMILES string of the molecule is CCC(C)c1nc(N2CCC(C)CC2)sc1C=O. The molecular formula is C14H22N2OS. The minimum Gasteiger partial charge on any atom is -0.348 e. The van der Waals surface area contributed by atoms with Crippen molar-refractivity contribution in [1.82, 2.24) is 4.98 Å². The van der Waals surface area contributed by atoms with E-state index in [-0.39, 0.29) is 0 Å². The zero-order chi connectivity index (χ0) is 13.1. The average molecular weight is 266 g/mol. The summed E-state index contributed by atoms with van der Waals surface area (Å²) in [5, 5.41) is 1.04. The summed E-state index contributed by atoms with van der Waals surface area (Å²) < 4.78 is 0. The molecule has 0 amide bonds. The molecule has 2 heterocycles. The van der Waals surface area contributed by atoms with Gasteiger partial charge in [0.1, 0.15) is 0 Å². The van der Waals surface area contributed by atoms with Gasteiger partial charge < -0.3 is 4.90 Å². The molecule has 1 saturated heterocycles. The molecule has 1 aliphatic heterocycles. The Balaban J connectivity index is 2.19. The summed E-state index contributed by atoms with van der Waals surface area (Å²) in [6, 6.07) is 0. The molecule has 1 aliphatic rings. The van der Waals surface area contributed by atoms with Crippen LogP contribution in [0.3, 0.4) is 0 Å². The van der Waals surface area contributed by atoms with Gasteiger partial charge in [-0.05, 0) is 31.1 Å². The largest absolute Gasteiger partial charge is 0.348 e. The third kappa shape index (κ3) is 2.74. The van der Waals surface area contributed by atoms with Gasteiger partial charge in [-0.15, -0.1) is 0 Å². The Hall–Kier alpha value is -0.900. The molecule has 3 nitrogen and oxygen atoms in total. The van der Waals surface area contributed by atoms with Crippen LogP contribution in [0.15, 0.2) is 0 Å². The van der Waals surface area contributed by atoms with Crippen LogP contribution >= 0.6 is 11.3 Å². The van der Waals surface area contributed by atoms with E-state index in [0.29, 0.717) is 5.92 Å². The number of aldehydes is 1. The zero-order valence-corrected chi connectivity index (χ0v) is 12.3. The molecule has 1 aromatic rings. The Morgan fingerprint density at radius 3 is 2.72 bits per heavy atom. The van der Waals surface area contributed by atoms with Gasteiger partial charge >= 0.3 is 0 Å². The van der Waals surface area contributed by atoms with Crippen LogP contribution in [0.5, 0.6) is 0 Å². The molecule has 1 atom stereocenters. The van der Waals surface area contributed by atoms with E-state index >= 15 is 0 Å². The molecule has 0 N–H and O–H groups in total. The molecule has 2 rings (SSSR count). The van der Waals surface area contributed by atoms with Crippen LogP contribution in [0.1, 0.15) is 61.3 Å². The van der Waals surface area contributed by atoms with Crippen molar-refractivity contribution in [2.24, 2.45) is 5.92 Å². The fourth-order valence-corrected chi connectivity index (χ4v) is 3.35. The molecule has 0 radical (unpaired) electrons. The summed E-state index contributed by atoms with van der Waals surface area (Å²) in [6.07, 6.45) is 4.46. The molecule has 18 heavy (non-hydrogen) atoms. The van der Waals surface area contributed by atoms with Crippen molar-refractivity contribution in [1.29, 1.82) is 0 Å². The molecule has 1 unspecified atom stereocenters. The summed E-state index contributed by atoms with van der Waals surface area (Å²) in [5.74, 6) is 1.19. The van der Waals surface area contributed by atoms with Gasteiger partial charge in [0.15, 0.2) is 11.4 Å². The molecule has 0 aliphatic carbocycles. The lowest BCUT2D eigenvalue weighted by Crippen LogP contribution is -2.32. The Labute approximate surface area is 113 Å². The van der Waals surface area contributed by atoms with Crippen LogP contribution in [-0.4, -0.2) is 24.4 Å². The number of anilines is 1. The first-order chi connectivity index (χ1) is 8.65. The number of rotatable bonds is 4. The monoisotopic (exact) mass is 266 g/mol. The van der Waals surface area contributed by atoms with E-state index in [2.05, 4.69) is 25.7 Å². The Morgan fingerprint density at radius 1 is 1.50 bits per heavy atom. The first kappa shape index (κ1) is 13.5. The maximum Gasteiger partial charge on any atom is 0.186 e. The van der Waals surface area contributed by atoms with Crippen LogP contribution in [-0.2, 0) is 0 Å². The van der Waals surface area contributed by atoms with E-state index in [1.165, 1.54) is 12.8 Å². The van der Waals surface area contributed by atoms with Crippen molar-refractivity contribution in [3.8, 4) is 0 Å². The number of nitrogens with zero attached hydrogens (tertiary/aromatic N) is 2. The first-order valence-electron chi connectivity index (χ1n) is 6.86. The van der Waals surface area contributed by atoms with Gasteiger partial charge in [-0.25, -0.2) is 4.98 Å². The van der Waals surface area contributed by atoms with E-state index in [1.54, 1.807) is 11.3 Å². The molecule has 0 saturated carbocycles. The van der Waals surface area contributed by atoms with Crippen molar-refractivity contribution in [2.75, 3.05) is 18.0 Å². The van der Waals surface area contributed by atoms with Gasteiger partial charge in [0.2, 0.25) is 0 Å². The number of thiazole rings is 1. The third-order valence-electron chi connectivity index (χ3n) is 3.91. The molecule has 4 heteroatoms. The van der Waals surface area contributed by atoms with Crippen LogP contribution in [0.4, 0.5) is 5.13 Å². The quantitative estimate of drug-likeness (QED) is 0.779. The highest BCUT2D eigenvalue weighted by atomic mass is 32.1. The Kier molecular flexibility index (Phi) is 4.38. The molecule has 1 aromatic heterocycles. The normalized spacial score (nSPS) is 18.9. The van der Waals surface area contributed by atoms with Crippen LogP contribution in [0.2, 0.25) is 0 Å². The summed E-state index contributed by atoms with van der Waals surface area (Å²) >= 11 is 1.56.